The van der Waals surface area contributed by atoms with Crippen molar-refractivity contribution in [2.45, 2.75) is 32.0 Å². The Hall–Kier alpha value is -3.42. The van der Waals surface area contributed by atoms with E-state index in [1.54, 1.807) is 11.1 Å². The predicted octanol–water partition coefficient (Wildman–Crippen LogP) is 1.50. The van der Waals surface area contributed by atoms with Crippen LogP contribution in [0.2, 0.25) is 0 Å². The van der Waals surface area contributed by atoms with Crippen molar-refractivity contribution < 1.29 is 14.4 Å². The van der Waals surface area contributed by atoms with Crippen LogP contribution in [-0.4, -0.2) is 40.7 Å². The van der Waals surface area contributed by atoms with E-state index >= 15 is 0 Å². The summed E-state index contributed by atoms with van der Waals surface area (Å²) < 4.78 is 0. The first-order valence-electron chi connectivity index (χ1n) is 9.19. The maximum atomic E-state index is 12.7. The molecule has 3 amide bonds. The van der Waals surface area contributed by atoms with E-state index in [1.165, 1.54) is 0 Å². The number of anilines is 2. The molecular formula is C20H21N5O3. The molecule has 8 nitrogen and oxygen atoms in total. The van der Waals surface area contributed by atoms with Gasteiger partial charge in [-0.25, -0.2) is 4.98 Å². The van der Waals surface area contributed by atoms with E-state index in [1.807, 2.05) is 37.4 Å². The number of pyridine rings is 1. The van der Waals surface area contributed by atoms with E-state index in [0.717, 1.165) is 22.6 Å². The van der Waals surface area contributed by atoms with Crippen molar-refractivity contribution in [3.05, 3.63) is 53.2 Å². The number of aromatic nitrogens is 1. The summed E-state index contributed by atoms with van der Waals surface area (Å²) in [5.74, 6) is -0.0289. The molecule has 2 aliphatic heterocycles. The molecule has 0 bridgehead atoms. The van der Waals surface area contributed by atoms with Crippen molar-refractivity contribution in [1.29, 1.82) is 0 Å². The van der Waals surface area contributed by atoms with Crippen LogP contribution in [0.1, 0.15) is 34.3 Å². The van der Waals surface area contributed by atoms with Gasteiger partial charge in [-0.1, -0.05) is 12.1 Å². The summed E-state index contributed by atoms with van der Waals surface area (Å²) in [6.45, 7) is 0.979. The average molecular weight is 379 g/mol. The van der Waals surface area contributed by atoms with Crippen LogP contribution in [0.25, 0.3) is 0 Å². The maximum Gasteiger partial charge on any atom is 0.255 e. The monoisotopic (exact) mass is 379 g/mol. The summed E-state index contributed by atoms with van der Waals surface area (Å²) >= 11 is 0. The van der Waals surface area contributed by atoms with Crippen LogP contribution in [0.5, 0.6) is 0 Å². The second-order valence-corrected chi connectivity index (χ2v) is 6.93. The third-order valence-corrected chi connectivity index (χ3v) is 5.10. The highest BCUT2D eigenvalue weighted by atomic mass is 16.2. The summed E-state index contributed by atoms with van der Waals surface area (Å²) in [4.78, 5) is 42.0. The number of nitrogens with one attached hydrogen (secondary N) is 3. The second kappa shape index (κ2) is 7.30. The van der Waals surface area contributed by atoms with Crippen LogP contribution < -0.4 is 16.0 Å². The Labute approximate surface area is 162 Å². The number of fused-ring (bicyclic) bond motifs is 1. The molecule has 0 spiro atoms. The van der Waals surface area contributed by atoms with Gasteiger partial charge >= 0.3 is 0 Å². The zero-order chi connectivity index (χ0) is 19.7. The summed E-state index contributed by atoms with van der Waals surface area (Å²) in [5.41, 5.74) is 3.46. The lowest BCUT2D eigenvalue weighted by Crippen LogP contribution is -2.52. The number of hydrogen-bond acceptors (Lipinski definition) is 6. The van der Waals surface area contributed by atoms with E-state index in [4.69, 9.17) is 0 Å². The van der Waals surface area contributed by atoms with Gasteiger partial charge in [0.25, 0.3) is 5.91 Å². The minimum atomic E-state index is -0.587. The molecule has 1 fully saturated rings. The Morgan fingerprint density at radius 3 is 2.79 bits per heavy atom. The molecule has 3 heterocycles. The molecule has 2 aromatic rings. The number of piperidine rings is 1. The van der Waals surface area contributed by atoms with Crippen LogP contribution in [0.3, 0.4) is 0 Å². The largest absolute Gasteiger partial charge is 0.380 e. The zero-order valence-corrected chi connectivity index (χ0v) is 15.5. The first-order valence-corrected chi connectivity index (χ1v) is 9.19. The zero-order valence-electron chi connectivity index (χ0n) is 15.5. The Kier molecular flexibility index (Phi) is 4.68. The Morgan fingerprint density at radius 2 is 2.07 bits per heavy atom. The highest BCUT2D eigenvalue weighted by Gasteiger charge is 2.38. The fourth-order valence-corrected chi connectivity index (χ4v) is 3.59. The average Bonchev–Trinajstić information content (AvgIpc) is 3.02. The smallest absolute Gasteiger partial charge is 0.255 e. The van der Waals surface area contributed by atoms with E-state index in [0.29, 0.717) is 25.1 Å². The number of amides is 3. The first kappa shape index (κ1) is 18.0. The maximum absolute atomic E-state index is 12.7. The quantitative estimate of drug-likeness (QED) is 0.680. The number of benzene rings is 1. The SMILES string of the molecule is CNc1ccc(NCc2ccc3c(c2)CN(C2CCC(=O)NC2=O)C3=O)cn1. The summed E-state index contributed by atoms with van der Waals surface area (Å²) in [6.07, 6.45) is 2.38. The van der Waals surface area contributed by atoms with Gasteiger partial charge in [0, 0.05) is 32.1 Å². The number of carbonyl (C=O) groups excluding carboxylic acids is 3. The van der Waals surface area contributed by atoms with Gasteiger partial charge < -0.3 is 15.5 Å². The summed E-state index contributed by atoms with van der Waals surface area (Å²) in [6, 6.07) is 8.95. The molecular weight excluding hydrogens is 358 g/mol. The lowest BCUT2D eigenvalue weighted by Gasteiger charge is -2.29. The normalized spacial score (nSPS) is 18.7. The van der Waals surface area contributed by atoms with Gasteiger partial charge in [0.05, 0.1) is 11.9 Å². The lowest BCUT2D eigenvalue weighted by molar-refractivity contribution is -0.136. The fourth-order valence-electron chi connectivity index (χ4n) is 3.59. The molecule has 3 N–H and O–H groups in total. The highest BCUT2D eigenvalue weighted by Crippen LogP contribution is 2.28. The fraction of sp³-hybridized carbons (Fsp3) is 0.300. The molecule has 28 heavy (non-hydrogen) atoms. The van der Waals surface area contributed by atoms with Gasteiger partial charge in [0.2, 0.25) is 11.8 Å². The van der Waals surface area contributed by atoms with Crippen molar-refractivity contribution in [2.75, 3.05) is 17.7 Å². The van der Waals surface area contributed by atoms with Crippen LogP contribution in [0, 0.1) is 0 Å². The lowest BCUT2D eigenvalue weighted by atomic mass is 10.0. The Morgan fingerprint density at radius 1 is 1.21 bits per heavy atom. The van der Waals surface area contributed by atoms with Gasteiger partial charge in [-0.3, -0.25) is 19.7 Å². The molecule has 4 rings (SSSR count). The minimum absolute atomic E-state index is 0.157. The van der Waals surface area contributed by atoms with E-state index in [-0.39, 0.29) is 18.2 Å². The molecule has 0 radical (unpaired) electrons. The molecule has 1 aromatic carbocycles. The number of nitrogens with zero attached hydrogens (tertiary/aromatic N) is 2. The Balaban J connectivity index is 1.44. The van der Waals surface area contributed by atoms with Crippen LogP contribution >= 0.6 is 0 Å². The molecule has 2 aliphatic rings. The molecule has 1 aromatic heterocycles. The number of rotatable bonds is 5. The standard InChI is InChI=1S/C20H21N5O3/c1-21-17-6-3-14(10-23-17)22-9-12-2-4-15-13(8-12)11-25(20(15)28)16-5-7-18(26)24-19(16)27/h2-4,6,8,10,16,22H,5,7,9,11H2,1H3,(H,21,23)(H,24,26,27). The van der Waals surface area contributed by atoms with Gasteiger partial charge in [0.15, 0.2) is 0 Å². The molecule has 8 heteroatoms. The third-order valence-electron chi connectivity index (χ3n) is 5.10. The topological polar surface area (TPSA) is 103 Å². The number of imide groups is 1. The van der Waals surface area contributed by atoms with Gasteiger partial charge in [0.1, 0.15) is 11.9 Å². The van der Waals surface area contributed by atoms with Crippen molar-refractivity contribution in [3.8, 4) is 0 Å². The molecule has 1 saturated heterocycles. The molecule has 1 unspecified atom stereocenters. The first-order chi connectivity index (χ1) is 13.5. The highest BCUT2D eigenvalue weighted by molar-refractivity contribution is 6.05. The van der Waals surface area contributed by atoms with Gasteiger partial charge in [-0.15, -0.1) is 0 Å². The summed E-state index contributed by atoms with van der Waals surface area (Å²) in [5, 5.41) is 8.60. The number of carbonyl (C=O) groups is 3. The third kappa shape index (κ3) is 3.40. The Bertz CT molecular complexity index is 941. The van der Waals surface area contributed by atoms with Crippen molar-refractivity contribution in [1.82, 2.24) is 15.2 Å². The number of hydrogen-bond donors (Lipinski definition) is 3. The predicted molar refractivity (Wildman–Crippen MR) is 104 cm³/mol. The molecule has 0 saturated carbocycles. The van der Waals surface area contributed by atoms with Crippen molar-refractivity contribution in [2.24, 2.45) is 0 Å². The summed E-state index contributed by atoms with van der Waals surface area (Å²) in [7, 11) is 1.82. The molecule has 1 atom stereocenters. The van der Waals surface area contributed by atoms with Crippen molar-refractivity contribution >= 4 is 29.2 Å². The minimum Gasteiger partial charge on any atom is -0.380 e. The van der Waals surface area contributed by atoms with E-state index < -0.39 is 11.9 Å². The van der Waals surface area contributed by atoms with E-state index in [2.05, 4.69) is 20.9 Å². The van der Waals surface area contributed by atoms with Crippen LogP contribution in [0.4, 0.5) is 11.5 Å². The van der Waals surface area contributed by atoms with Crippen LogP contribution in [-0.2, 0) is 22.7 Å². The van der Waals surface area contributed by atoms with E-state index in [9.17, 15) is 14.4 Å². The van der Waals surface area contributed by atoms with Crippen LogP contribution in [0.15, 0.2) is 36.5 Å². The molecule has 144 valence electrons. The van der Waals surface area contributed by atoms with Gasteiger partial charge in [-0.05, 0) is 35.7 Å². The van der Waals surface area contributed by atoms with Gasteiger partial charge in [-0.2, -0.15) is 0 Å². The second-order valence-electron chi connectivity index (χ2n) is 6.93. The molecule has 0 aliphatic carbocycles. The van der Waals surface area contributed by atoms with Crippen molar-refractivity contribution in [3.63, 3.8) is 0 Å².